The Morgan fingerprint density at radius 2 is 2.08 bits per heavy atom. The molecule has 1 atom stereocenters. The molecule has 1 aliphatic carbocycles. The zero-order valence-corrected chi connectivity index (χ0v) is 13.7. The first kappa shape index (κ1) is 16.6. The van der Waals surface area contributed by atoms with Crippen molar-refractivity contribution < 1.29 is 24.3 Å². The van der Waals surface area contributed by atoms with Gasteiger partial charge in [0, 0.05) is 11.1 Å². The molecule has 2 amide bonds. The molecule has 1 saturated carbocycles. The number of nitrogens with zero attached hydrogens (tertiary/aromatic N) is 1. The molecule has 1 aromatic carbocycles. The molecule has 0 unspecified atom stereocenters. The zero-order valence-electron chi connectivity index (χ0n) is 13.7. The molecule has 1 aromatic rings. The third-order valence-corrected chi connectivity index (χ3v) is 4.59. The van der Waals surface area contributed by atoms with Gasteiger partial charge in [-0.05, 0) is 44.7 Å². The average Bonchev–Trinajstić information content (AvgIpc) is 3.03. The van der Waals surface area contributed by atoms with Gasteiger partial charge in [-0.3, -0.25) is 14.9 Å². The Kier molecular flexibility index (Phi) is 4.89. The molecule has 3 rings (SSSR count). The van der Waals surface area contributed by atoms with Gasteiger partial charge >= 0.3 is 6.09 Å². The molecule has 1 aliphatic heterocycles. The van der Waals surface area contributed by atoms with E-state index in [9.17, 15) is 9.59 Å². The highest BCUT2D eigenvalue weighted by Gasteiger charge is 2.29. The van der Waals surface area contributed by atoms with Crippen LogP contribution in [0.4, 0.5) is 4.79 Å². The van der Waals surface area contributed by atoms with Crippen molar-refractivity contribution in [3.8, 4) is 5.75 Å². The lowest BCUT2D eigenvalue weighted by atomic mass is 10.1. The van der Waals surface area contributed by atoms with Gasteiger partial charge in [0.05, 0.1) is 12.6 Å². The fraction of sp³-hybridized carbons (Fsp3) is 0.529. The van der Waals surface area contributed by atoms with E-state index in [4.69, 9.17) is 14.7 Å². The second-order valence-corrected chi connectivity index (χ2v) is 6.34. The number of amides is 2. The predicted molar refractivity (Wildman–Crippen MR) is 84.9 cm³/mol. The minimum absolute atomic E-state index is 0.0176. The van der Waals surface area contributed by atoms with Crippen molar-refractivity contribution in [1.29, 1.82) is 0 Å². The Morgan fingerprint density at radius 3 is 2.79 bits per heavy atom. The van der Waals surface area contributed by atoms with E-state index in [0.717, 1.165) is 31.2 Å². The number of carbonyl (C=O) groups is 2. The van der Waals surface area contributed by atoms with Gasteiger partial charge in [-0.15, -0.1) is 0 Å². The second-order valence-electron chi connectivity index (χ2n) is 6.34. The summed E-state index contributed by atoms with van der Waals surface area (Å²) in [6.45, 7) is 2.59. The maximum atomic E-state index is 12.5. The van der Waals surface area contributed by atoms with Crippen molar-refractivity contribution in [3.05, 3.63) is 29.3 Å². The van der Waals surface area contributed by atoms with E-state index in [1.165, 1.54) is 0 Å². The molecule has 130 valence electrons. The van der Waals surface area contributed by atoms with Gasteiger partial charge in [0.25, 0.3) is 5.91 Å². The fourth-order valence-electron chi connectivity index (χ4n) is 3.13. The molecule has 0 bridgehead atoms. The average molecular weight is 334 g/mol. The van der Waals surface area contributed by atoms with Gasteiger partial charge in [-0.1, -0.05) is 6.07 Å². The number of nitrogens with one attached hydrogen (secondary N) is 1. The van der Waals surface area contributed by atoms with E-state index in [-0.39, 0.29) is 18.2 Å². The molecule has 7 nitrogen and oxygen atoms in total. The van der Waals surface area contributed by atoms with Crippen molar-refractivity contribution in [1.82, 2.24) is 10.4 Å². The number of hydroxylamine groups is 1. The van der Waals surface area contributed by atoms with Crippen LogP contribution in [0.2, 0.25) is 0 Å². The number of ether oxygens (including phenoxy) is 2. The Balaban J connectivity index is 1.76. The molecule has 0 saturated heterocycles. The molecule has 0 aromatic heterocycles. The van der Waals surface area contributed by atoms with Crippen molar-refractivity contribution in [3.63, 3.8) is 0 Å². The summed E-state index contributed by atoms with van der Waals surface area (Å²) in [4.78, 5) is 25.7. The van der Waals surface area contributed by atoms with Gasteiger partial charge in [0.15, 0.2) is 0 Å². The topological polar surface area (TPSA) is 88.1 Å². The quantitative estimate of drug-likeness (QED) is 0.641. The lowest BCUT2D eigenvalue weighted by Crippen LogP contribution is -2.41. The summed E-state index contributed by atoms with van der Waals surface area (Å²) in [6.07, 6.45) is 3.78. The van der Waals surface area contributed by atoms with Crippen molar-refractivity contribution in [2.75, 3.05) is 6.61 Å². The van der Waals surface area contributed by atoms with Crippen LogP contribution in [-0.4, -0.2) is 40.9 Å². The summed E-state index contributed by atoms with van der Waals surface area (Å²) in [5.74, 6) is -0.0599. The Bertz CT molecular complexity index is 627. The van der Waals surface area contributed by atoms with Crippen LogP contribution in [0.15, 0.2) is 18.2 Å². The molecule has 7 heteroatoms. The first-order valence-electron chi connectivity index (χ1n) is 8.26. The molecule has 1 heterocycles. The SMILES string of the molecule is C[C@H]1COc2cc(C(=O)NO)ccc2CN1C(=O)OC1CCCC1. The molecule has 2 N–H and O–H groups in total. The summed E-state index contributed by atoms with van der Waals surface area (Å²) in [5, 5.41) is 8.73. The molecule has 2 aliphatic rings. The van der Waals surface area contributed by atoms with Crippen molar-refractivity contribution in [2.45, 2.75) is 51.3 Å². The van der Waals surface area contributed by atoms with E-state index in [1.54, 1.807) is 28.6 Å². The maximum absolute atomic E-state index is 12.5. The van der Waals surface area contributed by atoms with Gasteiger partial charge in [0.2, 0.25) is 0 Å². The molecule has 0 radical (unpaired) electrons. The van der Waals surface area contributed by atoms with E-state index in [0.29, 0.717) is 24.5 Å². The highest BCUT2D eigenvalue weighted by Crippen LogP contribution is 2.28. The van der Waals surface area contributed by atoms with E-state index < -0.39 is 5.91 Å². The summed E-state index contributed by atoms with van der Waals surface area (Å²) in [5.41, 5.74) is 2.70. The van der Waals surface area contributed by atoms with E-state index >= 15 is 0 Å². The number of benzene rings is 1. The van der Waals surface area contributed by atoms with Gasteiger partial charge < -0.3 is 9.47 Å². The smallest absolute Gasteiger partial charge is 0.410 e. The van der Waals surface area contributed by atoms with Gasteiger partial charge in [-0.25, -0.2) is 10.3 Å². The second kappa shape index (κ2) is 7.09. The van der Waals surface area contributed by atoms with Crippen molar-refractivity contribution in [2.24, 2.45) is 0 Å². The van der Waals surface area contributed by atoms with Crippen LogP contribution in [0, 0.1) is 0 Å². The first-order chi connectivity index (χ1) is 11.6. The molecular weight excluding hydrogens is 312 g/mol. The summed E-state index contributed by atoms with van der Waals surface area (Å²) < 4.78 is 11.3. The van der Waals surface area contributed by atoms with Crippen molar-refractivity contribution >= 4 is 12.0 Å². The van der Waals surface area contributed by atoms with Crippen LogP contribution < -0.4 is 10.2 Å². The van der Waals surface area contributed by atoms with Crippen LogP contribution in [0.25, 0.3) is 0 Å². The van der Waals surface area contributed by atoms with Crippen LogP contribution >= 0.6 is 0 Å². The molecule has 0 spiro atoms. The minimum atomic E-state index is -0.601. The standard InChI is InChI=1S/C17H22N2O5/c1-11-10-23-15-8-12(16(20)18-22)6-7-13(15)9-19(11)17(21)24-14-4-2-3-5-14/h6-8,11,14,22H,2-5,9-10H2,1H3,(H,18,20)/t11-/m0/s1. The Hall–Kier alpha value is -2.28. The predicted octanol–water partition coefficient (Wildman–Crippen LogP) is 2.47. The van der Waals surface area contributed by atoms with Gasteiger partial charge in [0.1, 0.15) is 18.5 Å². The minimum Gasteiger partial charge on any atom is -0.491 e. The normalized spacial score (nSPS) is 20.8. The lowest BCUT2D eigenvalue weighted by molar-refractivity contribution is 0.0485. The number of hydrogen-bond donors (Lipinski definition) is 2. The first-order valence-corrected chi connectivity index (χ1v) is 8.26. The number of fused-ring (bicyclic) bond motifs is 1. The summed E-state index contributed by atoms with van der Waals surface area (Å²) >= 11 is 0. The number of carbonyl (C=O) groups excluding carboxylic acids is 2. The van der Waals surface area contributed by atoms with Crippen LogP contribution in [0.1, 0.15) is 48.5 Å². The summed E-state index contributed by atoms with van der Waals surface area (Å²) in [7, 11) is 0. The zero-order chi connectivity index (χ0) is 17.1. The van der Waals surface area contributed by atoms with E-state index in [1.807, 2.05) is 6.92 Å². The van der Waals surface area contributed by atoms with Crippen LogP contribution in [0.3, 0.4) is 0 Å². The highest BCUT2D eigenvalue weighted by atomic mass is 16.6. The monoisotopic (exact) mass is 334 g/mol. The Labute approximate surface area is 140 Å². The maximum Gasteiger partial charge on any atom is 0.410 e. The molecule has 1 fully saturated rings. The van der Waals surface area contributed by atoms with E-state index in [2.05, 4.69) is 0 Å². The number of hydrogen-bond acceptors (Lipinski definition) is 5. The largest absolute Gasteiger partial charge is 0.491 e. The lowest BCUT2D eigenvalue weighted by Gasteiger charge is -2.27. The fourth-order valence-corrected chi connectivity index (χ4v) is 3.13. The highest BCUT2D eigenvalue weighted by molar-refractivity contribution is 5.93. The summed E-state index contributed by atoms with van der Waals surface area (Å²) in [6, 6.07) is 4.75. The molecular formula is C17H22N2O5. The third kappa shape index (κ3) is 3.46. The Morgan fingerprint density at radius 1 is 1.33 bits per heavy atom. The van der Waals surface area contributed by atoms with Gasteiger partial charge in [-0.2, -0.15) is 0 Å². The molecule has 24 heavy (non-hydrogen) atoms. The van der Waals surface area contributed by atoms with Crippen LogP contribution in [0.5, 0.6) is 5.75 Å². The third-order valence-electron chi connectivity index (χ3n) is 4.59. The number of rotatable bonds is 2. The van der Waals surface area contributed by atoms with Crippen LogP contribution in [-0.2, 0) is 11.3 Å².